The third kappa shape index (κ3) is 1.58. The highest BCUT2D eigenvalue weighted by Gasteiger charge is 2.17. The van der Waals surface area contributed by atoms with E-state index in [1.54, 1.807) is 0 Å². The summed E-state index contributed by atoms with van der Waals surface area (Å²) in [5.74, 6) is -0.124. The van der Waals surface area contributed by atoms with Gasteiger partial charge >= 0.3 is 5.76 Å². The van der Waals surface area contributed by atoms with Crippen molar-refractivity contribution >= 4 is 0 Å². The van der Waals surface area contributed by atoms with Crippen LogP contribution in [0.1, 0.15) is 26.5 Å². The predicted molar refractivity (Wildman–Crippen MR) is 43.9 cm³/mol. The summed E-state index contributed by atoms with van der Waals surface area (Å²) in [5, 5.41) is 8.70. The number of nitrogens with zero attached hydrogens (tertiary/aromatic N) is 1. The van der Waals surface area contributed by atoms with Gasteiger partial charge < -0.3 is 9.52 Å². The summed E-state index contributed by atoms with van der Waals surface area (Å²) in [7, 11) is 0. The lowest BCUT2D eigenvalue weighted by Gasteiger charge is -2.17. The lowest BCUT2D eigenvalue weighted by molar-refractivity contribution is 0.242. The van der Waals surface area contributed by atoms with Gasteiger partial charge in [-0.25, -0.2) is 4.79 Å². The number of aromatic nitrogens is 1. The highest BCUT2D eigenvalue weighted by atomic mass is 16.4. The van der Waals surface area contributed by atoms with E-state index < -0.39 is 5.76 Å². The standard InChI is InChI=1S/C8H13NO3/c1-8(2,3)9-4-6(5-10)12-7(9)11/h4,10H,5H2,1-3H3. The summed E-state index contributed by atoms with van der Waals surface area (Å²) >= 11 is 0. The van der Waals surface area contributed by atoms with Gasteiger partial charge in [0, 0.05) is 5.54 Å². The van der Waals surface area contributed by atoms with E-state index in [0.29, 0.717) is 5.76 Å². The minimum Gasteiger partial charge on any atom is -0.410 e. The molecule has 0 fully saturated rings. The lowest BCUT2D eigenvalue weighted by atomic mass is 10.1. The van der Waals surface area contributed by atoms with Crippen molar-refractivity contribution in [3.05, 3.63) is 22.5 Å². The van der Waals surface area contributed by atoms with Crippen molar-refractivity contribution in [1.29, 1.82) is 0 Å². The van der Waals surface area contributed by atoms with Crippen LogP contribution in [0, 0.1) is 0 Å². The molecule has 1 N–H and O–H groups in total. The van der Waals surface area contributed by atoms with Crippen LogP contribution in [0.15, 0.2) is 15.4 Å². The molecule has 4 nitrogen and oxygen atoms in total. The molecule has 68 valence electrons. The van der Waals surface area contributed by atoms with Gasteiger partial charge in [0.2, 0.25) is 0 Å². The zero-order chi connectivity index (χ0) is 9.35. The van der Waals surface area contributed by atoms with Gasteiger partial charge in [0.15, 0.2) is 5.76 Å². The van der Waals surface area contributed by atoms with E-state index in [1.807, 2.05) is 20.8 Å². The molecule has 1 rings (SSSR count). The monoisotopic (exact) mass is 171 g/mol. The maximum absolute atomic E-state index is 11.1. The average molecular weight is 171 g/mol. The molecule has 0 unspecified atom stereocenters. The van der Waals surface area contributed by atoms with E-state index >= 15 is 0 Å². The molecule has 12 heavy (non-hydrogen) atoms. The van der Waals surface area contributed by atoms with Gasteiger partial charge in [-0.15, -0.1) is 0 Å². The quantitative estimate of drug-likeness (QED) is 0.676. The molecular weight excluding hydrogens is 158 g/mol. The van der Waals surface area contributed by atoms with E-state index in [4.69, 9.17) is 9.52 Å². The fourth-order valence-electron chi connectivity index (χ4n) is 0.925. The Hall–Kier alpha value is -1.03. The number of aliphatic hydroxyl groups excluding tert-OH is 1. The highest BCUT2D eigenvalue weighted by Crippen LogP contribution is 2.11. The molecule has 1 heterocycles. The highest BCUT2D eigenvalue weighted by molar-refractivity contribution is 4.92. The van der Waals surface area contributed by atoms with Crippen LogP contribution < -0.4 is 5.76 Å². The molecule has 4 heteroatoms. The maximum Gasteiger partial charge on any atom is 0.419 e. The first kappa shape index (κ1) is 9.06. The van der Waals surface area contributed by atoms with E-state index in [1.165, 1.54) is 10.8 Å². The summed E-state index contributed by atoms with van der Waals surface area (Å²) in [4.78, 5) is 11.1. The molecule has 0 aliphatic heterocycles. The second-order valence-corrected chi connectivity index (χ2v) is 3.66. The van der Waals surface area contributed by atoms with Gasteiger partial charge in [-0.2, -0.15) is 0 Å². The molecule has 0 amide bonds. The van der Waals surface area contributed by atoms with Crippen LogP contribution in [0.5, 0.6) is 0 Å². The van der Waals surface area contributed by atoms with Gasteiger partial charge in [0.1, 0.15) is 6.61 Å². The first-order chi connectivity index (χ1) is 5.45. The smallest absolute Gasteiger partial charge is 0.410 e. The van der Waals surface area contributed by atoms with Gasteiger partial charge in [-0.05, 0) is 20.8 Å². The number of oxazole rings is 1. The summed E-state index contributed by atoms with van der Waals surface area (Å²) in [6.45, 7) is 5.44. The summed E-state index contributed by atoms with van der Waals surface area (Å²) in [5.41, 5.74) is -0.298. The van der Waals surface area contributed by atoms with Crippen LogP contribution in [0.4, 0.5) is 0 Å². The van der Waals surface area contributed by atoms with Crippen molar-refractivity contribution in [3.8, 4) is 0 Å². The first-order valence-electron chi connectivity index (χ1n) is 3.78. The molecule has 0 aliphatic carbocycles. The van der Waals surface area contributed by atoms with Crippen LogP contribution in [-0.4, -0.2) is 9.67 Å². The summed E-state index contributed by atoms with van der Waals surface area (Å²) < 4.78 is 6.20. The fourth-order valence-corrected chi connectivity index (χ4v) is 0.925. The summed E-state index contributed by atoms with van der Waals surface area (Å²) in [6, 6.07) is 0. The van der Waals surface area contributed by atoms with Crippen molar-refractivity contribution in [2.24, 2.45) is 0 Å². The Morgan fingerprint density at radius 2 is 2.17 bits per heavy atom. The molecule has 0 saturated heterocycles. The van der Waals surface area contributed by atoms with Crippen LogP contribution in [0.2, 0.25) is 0 Å². The van der Waals surface area contributed by atoms with Crippen molar-refractivity contribution < 1.29 is 9.52 Å². The third-order valence-electron chi connectivity index (χ3n) is 1.57. The van der Waals surface area contributed by atoms with Crippen LogP contribution in [-0.2, 0) is 12.1 Å². The maximum atomic E-state index is 11.1. The third-order valence-corrected chi connectivity index (χ3v) is 1.57. The zero-order valence-corrected chi connectivity index (χ0v) is 7.50. The van der Waals surface area contributed by atoms with Crippen molar-refractivity contribution in [2.75, 3.05) is 0 Å². The van der Waals surface area contributed by atoms with E-state index in [2.05, 4.69) is 0 Å². The van der Waals surface area contributed by atoms with Gasteiger partial charge in [-0.1, -0.05) is 0 Å². The Kier molecular flexibility index (Phi) is 2.10. The van der Waals surface area contributed by atoms with Gasteiger partial charge in [0.25, 0.3) is 0 Å². The molecule has 0 atom stereocenters. The Morgan fingerprint density at radius 1 is 1.58 bits per heavy atom. The molecule has 0 bridgehead atoms. The Labute approximate surface area is 70.4 Å². The summed E-state index contributed by atoms with van der Waals surface area (Å²) in [6.07, 6.45) is 1.53. The number of aliphatic hydroxyl groups is 1. The molecule has 1 aromatic rings. The van der Waals surface area contributed by atoms with E-state index in [0.717, 1.165) is 0 Å². The van der Waals surface area contributed by atoms with Crippen molar-refractivity contribution in [2.45, 2.75) is 32.9 Å². The largest absolute Gasteiger partial charge is 0.419 e. The SMILES string of the molecule is CC(C)(C)n1cc(CO)oc1=O. The number of hydrogen-bond acceptors (Lipinski definition) is 3. The molecule has 0 saturated carbocycles. The number of rotatable bonds is 1. The molecule has 0 radical (unpaired) electrons. The second kappa shape index (κ2) is 2.79. The molecule has 0 aromatic carbocycles. The molecule has 0 aliphatic rings. The molecule has 0 spiro atoms. The minimum atomic E-state index is -0.424. The zero-order valence-electron chi connectivity index (χ0n) is 7.50. The van der Waals surface area contributed by atoms with Crippen molar-refractivity contribution in [3.63, 3.8) is 0 Å². The minimum absolute atomic E-state index is 0.238. The second-order valence-electron chi connectivity index (χ2n) is 3.66. The van der Waals surface area contributed by atoms with Crippen LogP contribution in [0.25, 0.3) is 0 Å². The normalized spacial score (nSPS) is 12.0. The van der Waals surface area contributed by atoms with E-state index in [9.17, 15) is 4.79 Å². The molecular formula is C8H13NO3. The lowest BCUT2D eigenvalue weighted by Crippen LogP contribution is -2.29. The Balaban J connectivity index is 3.17. The number of hydrogen-bond donors (Lipinski definition) is 1. The predicted octanol–water partition coefficient (Wildman–Crippen LogP) is 0.689. The Bertz CT molecular complexity index is 316. The van der Waals surface area contributed by atoms with Crippen molar-refractivity contribution in [1.82, 2.24) is 4.57 Å². The average Bonchev–Trinajstić information content (AvgIpc) is 2.29. The van der Waals surface area contributed by atoms with Crippen LogP contribution in [0.3, 0.4) is 0 Å². The topological polar surface area (TPSA) is 55.4 Å². The van der Waals surface area contributed by atoms with Crippen LogP contribution >= 0.6 is 0 Å². The Morgan fingerprint density at radius 3 is 2.42 bits per heavy atom. The van der Waals surface area contributed by atoms with E-state index in [-0.39, 0.29) is 12.1 Å². The van der Waals surface area contributed by atoms with Gasteiger partial charge in [-0.3, -0.25) is 4.57 Å². The van der Waals surface area contributed by atoms with Gasteiger partial charge in [0.05, 0.1) is 6.20 Å². The fraction of sp³-hybridized carbons (Fsp3) is 0.625. The first-order valence-corrected chi connectivity index (χ1v) is 3.78. The molecule has 1 aromatic heterocycles.